The monoisotopic (exact) mass is 350 g/mol. The Morgan fingerprint density at radius 2 is 1.85 bits per heavy atom. The Morgan fingerprint density at radius 3 is 2.42 bits per heavy atom. The molecular formula is C19H18N4O3. The molecule has 0 spiro atoms. The normalized spacial score (nSPS) is 10.6. The van der Waals surface area contributed by atoms with Crippen LogP contribution in [0.15, 0.2) is 60.3 Å². The number of benzene rings is 2. The predicted octanol–water partition coefficient (Wildman–Crippen LogP) is 2.68. The van der Waals surface area contributed by atoms with Crippen LogP contribution in [0.4, 0.5) is 17.1 Å². The molecule has 2 amide bonds. The van der Waals surface area contributed by atoms with E-state index in [1.165, 1.54) is 25.1 Å². The van der Waals surface area contributed by atoms with Gasteiger partial charge in [-0.15, -0.1) is 0 Å². The highest BCUT2D eigenvalue weighted by Gasteiger charge is 2.16. The smallest absolute Gasteiger partial charge is 0.267 e. The fraction of sp³-hybridized carbons (Fsp3) is 0.105. The Hall–Kier alpha value is -3.79. The number of methoxy groups -OCH3 is 1. The zero-order chi connectivity index (χ0) is 19.1. The molecule has 132 valence electrons. The molecule has 7 heteroatoms. The highest BCUT2D eigenvalue weighted by Crippen LogP contribution is 2.24. The van der Waals surface area contributed by atoms with Gasteiger partial charge in [0.1, 0.15) is 17.4 Å². The van der Waals surface area contributed by atoms with E-state index in [9.17, 15) is 14.9 Å². The van der Waals surface area contributed by atoms with Crippen molar-refractivity contribution in [3.8, 4) is 11.8 Å². The first-order chi connectivity index (χ1) is 12.5. The summed E-state index contributed by atoms with van der Waals surface area (Å²) >= 11 is 0. The molecule has 0 saturated heterocycles. The van der Waals surface area contributed by atoms with Crippen molar-refractivity contribution in [3.05, 3.63) is 60.3 Å². The van der Waals surface area contributed by atoms with Gasteiger partial charge < -0.3 is 15.8 Å². The number of ether oxygens (including phenoxy) is 1. The van der Waals surface area contributed by atoms with E-state index in [1.54, 1.807) is 48.5 Å². The zero-order valence-corrected chi connectivity index (χ0v) is 14.4. The van der Waals surface area contributed by atoms with Gasteiger partial charge in [0, 0.05) is 24.5 Å². The molecule has 0 radical (unpaired) electrons. The molecule has 7 nitrogen and oxygen atoms in total. The van der Waals surface area contributed by atoms with Gasteiger partial charge in [-0.3, -0.25) is 14.5 Å². The van der Waals surface area contributed by atoms with E-state index in [2.05, 4.69) is 5.32 Å². The van der Waals surface area contributed by atoms with Gasteiger partial charge in [0.15, 0.2) is 0 Å². The summed E-state index contributed by atoms with van der Waals surface area (Å²) in [6.45, 7) is 1.33. The third-order valence-corrected chi connectivity index (χ3v) is 3.49. The van der Waals surface area contributed by atoms with Gasteiger partial charge in [0.2, 0.25) is 5.91 Å². The fourth-order valence-corrected chi connectivity index (χ4v) is 2.19. The molecule has 0 heterocycles. The minimum absolute atomic E-state index is 0.233. The molecule has 0 saturated carbocycles. The lowest BCUT2D eigenvalue weighted by Gasteiger charge is -2.17. The van der Waals surface area contributed by atoms with Gasteiger partial charge in [-0.25, -0.2) is 0 Å². The van der Waals surface area contributed by atoms with Gasteiger partial charge in [-0.05, 0) is 36.4 Å². The molecule has 3 N–H and O–H groups in total. The van der Waals surface area contributed by atoms with Gasteiger partial charge in [-0.1, -0.05) is 12.1 Å². The second-order valence-corrected chi connectivity index (χ2v) is 5.29. The summed E-state index contributed by atoms with van der Waals surface area (Å²) in [6, 6.07) is 15.1. The summed E-state index contributed by atoms with van der Waals surface area (Å²) in [7, 11) is 1.48. The van der Waals surface area contributed by atoms with Gasteiger partial charge in [-0.2, -0.15) is 5.26 Å². The Labute approximate surface area is 151 Å². The molecule has 0 aliphatic rings. The number of nitrogens with one attached hydrogen (secondary N) is 1. The molecular weight excluding hydrogens is 332 g/mol. The number of nitrogens with two attached hydrogens (primary N) is 1. The minimum atomic E-state index is -0.654. The molecule has 2 rings (SSSR count). The molecule has 0 aliphatic carbocycles. The fourth-order valence-electron chi connectivity index (χ4n) is 2.19. The number of para-hydroxylation sites is 2. The maximum absolute atomic E-state index is 12.4. The third kappa shape index (κ3) is 4.39. The van der Waals surface area contributed by atoms with E-state index in [0.29, 0.717) is 22.8 Å². The standard InChI is InChI=1S/C19H18N4O3/c1-13(24)23(16-9-7-15(21)8-10-16)12-14(11-20)19(25)22-17-5-3-4-6-18(17)26-2/h3-10,12H,21H2,1-2H3,(H,22,25)/b14-12-. The van der Waals surface area contributed by atoms with Crippen molar-refractivity contribution in [3.63, 3.8) is 0 Å². The number of nitrogen functional groups attached to an aromatic ring is 1. The van der Waals surface area contributed by atoms with Crippen LogP contribution < -0.4 is 20.7 Å². The Kier molecular flexibility index (Phi) is 5.96. The van der Waals surface area contributed by atoms with E-state index >= 15 is 0 Å². The summed E-state index contributed by atoms with van der Waals surface area (Å²) in [6.07, 6.45) is 1.19. The molecule has 0 atom stereocenters. The number of carbonyl (C=O) groups excluding carboxylic acids is 2. The second-order valence-electron chi connectivity index (χ2n) is 5.29. The third-order valence-electron chi connectivity index (χ3n) is 3.49. The number of rotatable bonds is 5. The maximum atomic E-state index is 12.4. The van der Waals surface area contributed by atoms with Crippen LogP contribution in [0.5, 0.6) is 5.75 Å². The average Bonchev–Trinajstić information content (AvgIpc) is 2.63. The van der Waals surface area contributed by atoms with E-state index in [1.807, 2.05) is 6.07 Å². The van der Waals surface area contributed by atoms with Crippen molar-refractivity contribution in [2.24, 2.45) is 0 Å². The highest BCUT2D eigenvalue weighted by atomic mass is 16.5. The zero-order valence-electron chi connectivity index (χ0n) is 14.4. The number of hydrogen-bond acceptors (Lipinski definition) is 5. The number of hydrogen-bond donors (Lipinski definition) is 2. The van der Waals surface area contributed by atoms with Crippen LogP contribution in [0.3, 0.4) is 0 Å². The lowest BCUT2D eigenvalue weighted by Crippen LogP contribution is -2.25. The summed E-state index contributed by atoms with van der Waals surface area (Å²) in [5.74, 6) is -0.550. The lowest BCUT2D eigenvalue weighted by atomic mass is 10.2. The minimum Gasteiger partial charge on any atom is -0.495 e. The van der Waals surface area contributed by atoms with Crippen molar-refractivity contribution in [1.82, 2.24) is 0 Å². The molecule has 0 aromatic heterocycles. The van der Waals surface area contributed by atoms with E-state index in [0.717, 1.165) is 0 Å². The Balaban J connectivity index is 2.32. The summed E-state index contributed by atoms with van der Waals surface area (Å²) in [5.41, 5.74) is 6.86. The van der Waals surface area contributed by atoms with Gasteiger partial charge in [0.25, 0.3) is 5.91 Å². The maximum Gasteiger partial charge on any atom is 0.267 e. The Bertz CT molecular complexity index is 882. The molecule has 2 aromatic carbocycles. The summed E-state index contributed by atoms with van der Waals surface area (Å²) in [4.78, 5) is 25.6. The number of nitrogens with zero attached hydrogens (tertiary/aromatic N) is 2. The first kappa shape index (κ1) is 18.5. The number of carbonyl (C=O) groups is 2. The number of amides is 2. The Morgan fingerprint density at radius 1 is 1.19 bits per heavy atom. The quantitative estimate of drug-likeness (QED) is 0.489. The van der Waals surface area contributed by atoms with Crippen LogP contribution >= 0.6 is 0 Å². The number of anilines is 3. The van der Waals surface area contributed by atoms with Crippen molar-refractivity contribution < 1.29 is 14.3 Å². The van der Waals surface area contributed by atoms with Crippen molar-refractivity contribution in [1.29, 1.82) is 5.26 Å². The molecule has 2 aromatic rings. The van der Waals surface area contributed by atoms with Crippen LogP contribution in [0, 0.1) is 11.3 Å². The van der Waals surface area contributed by atoms with Crippen LogP contribution in [0.1, 0.15) is 6.92 Å². The first-order valence-electron chi connectivity index (χ1n) is 7.68. The second kappa shape index (κ2) is 8.35. The topological polar surface area (TPSA) is 108 Å². The number of nitriles is 1. The molecule has 0 bridgehead atoms. The summed E-state index contributed by atoms with van der Waals surface area (Å²) in [5, 5.41) is 12.0. The van der Waals surface area contributed by atoms with Crippen LogP contribution in [0.2, 0.25) is 0 Å². The van der Waals surface area contributed by atoms with Crippen LogP contribution in [-0.2, 0) is 9.59 Å². The SMILES string of the molecule is COc1ccccc1NC(=O)/C(C#N)=C\N(C(C)=O)c1ccc(N)cc1. The first-order valence-corrected chi connectivity index (χ1v) is 7.68. The van der Waals surface area contributed by atoms with Crippen LogP contribution in [0.25, 0.3) is 0 Å². The van der Waals surface area contributed by atoms with Gasteiger partial charge >= 0.3 is 0 Å². The molecule has 0 fully saturated rings. The van der Waals surface area contributed by atoms with Crippen LogP contribution in [-0.4, -0.2) is 18.9 Å². The van der Waals surface area contributed by atoms with Gasteiger partial charge in [0.05, 0.1) is 12.8 Å². The van der Waals surface area contributed by atoms with E-state index < -0.39 is 5.91 Å². The average molecular weight is 350 g/mol. The highest BCUT2D eigenvalue weighted by molar-refractivity contribution is 6.08. The largest absolute Gasteiger partial charge is 0.495 e. The van der Waals surface area contributed by atoms with E-state index in [-0.39, 0.29) is 11.5 Å². The van der Waals surface area contributed by atoms with E-state index in [4.69, 9.17) is 10.5 Å². The molecule has 0 unspecified atom stereocenters. The molecule has 26 heavy (non-hydrogen) atoms. The summed E-state index contributed by atoms with van der Waals surface area (Å²) < 4.78 is 5.17. The molecule has 0 aliphatic heterocycles. The predicted molar refractivity (Wildman–Crippen MR) is 99.3 cm³/mol. The van der Waals surface area contributed by atoms with Crippen molar-refractivity contribution in [2.45, 2.75) is 6.92 Å². The lowest BCUT2D eigenvalue weighted by molar-refractivity contribution is -0.116. The van der Waals surface area contributed by atoms with Crippen molar-refractivity contribution in [2.75, 3.05) is 23.1 Å². The van der Waals surface area contributed by atoms with Crippen molar-refractivity contribution >= 4 is 28.9 Å².